The Balaban J connectivity index is 0.00000288. The Labute approximate surface area is 166 Å². The quantitative estimate of drug-likeness (QED) is 0.280. The van der Waals surface area contributed by atoms with Crippen molar-refractivity contribution in [3.8, 4) is 0 Å². The van der Waals surface area contributed by atoms with Crippen LogP contribution in [0.1, 0.15) is 27.2 Å². The van der Waals surface area contributed by atoms with Crippen LogP contribution in [-0.4, -0.2) is 52.0 Å². The number of thiophene rings is 1. The van der Waals surface area contributed by atoms with Gasteiger partial charge in [-0.15, -0.1) is 35.3 Å². The summed E-state index contributed by atoms with van der Waals surface area (Å²) in [5.41, 5.74) is 0.303. The summed E-state index contributed by atoms with van der Waals surface area (Å²) in [7, 11) is -3.40. The van der Waals surface area contributed by atoms with Crippen molar-refractivity contribution in [2.45, 2.75) is 31.4 Å². The SMILES string of the molecule is CCNC(=NCCNS(=O)(=O)c1cccs1)N1CCC(C)(C)C1.I. The van der Waals surface area contributed by atoms with Gasteiger partial charge < -0.3 is 10.2 Å². The average Bonchev–Trinajstić information content (AvgIpc) is 3.12. The van der Waals surface area contributed by atoms with Gasteiger partial charge in [-0.25, -0.2) is 13.1 Å². The van der Waals surface area contributed by atoms with Gasteiger partial charge in [0.1, 0.15) is 4.21 Å². The highest BCUT2D eigenvalue weighted by Gasteiger charge is 2.30. The maximum Gasteiger partial charge on any atom is 0.250 e. The fraction of sp³-hybridized carbons (Fsp3) is 0.667. The molecule has 1 fully saturated rings. The molecule has 2 rings (SSSR count). The molecular formula is C15H27IN4O2S2. The fourth-order valence-electron chi connectivity index (χ4n) is 2.55. The van der Waals surface area contributed by atoms with E-state index in [4.69, 9.17) is 0 Å². The highest BCUT2D eigenvalue weighted by Crippen LogP contribution is 2.28. The van der Waals surface area contributed by atoms with Gasteiger partial charge in [0.05, 0.1) is 6.54 Å². The fourth-order valence-corrected chi connectivity index (χ4v) is 4.61. The van der Waals surface area contributed by atoms with E-state index in [-0.39, 0.29) is 24.0 Å². The molecule has 0 bridgehead atoms. The lowest BCUT2D eigenvalue weighted by Crippen LogP contribution is -2.41. The summed E-state index contributed by atoms with van der Waals surface area (Å²) in [4.78, 5) is 6.80. The van der Waals surface area contributed by atoms with E-state index in [0.29, 0.717) is 22.7 Å². The molecule has 9 heteroatoms. The minimum Gasteiger partial charge on any atom is -0.357 e. The number of sulfonamides is 1. The molecule has 1 aliphatic rings. The first-order valence-corrected chi connectivity index (χ1v) is 10.3. The number of nitrogens with zero attached hydrogens (tertiary/aromatic N) is 2. The molecule has 0 radical (unpaired) electrons. The molecule has 0 unspecified atom stereocenters. The monoisotopic (exact) mass is 486 g/mol. The largest absolute Gasteiger partial charge is 0.357 e. The Morgan fingerprint density at radius 2 is 2.21 bits per heavy atom. The number of hydrogen-bond acceptors (Lipinski definition) is 4. The molecular weight excluding hydrogens is 459 g/mol. The van der Waals surface area contributed by atoms with Gasteiger partial charge in [0, 0.05) is 26.2 Å². The van der Waals surface area contributed by atoms with Gasteiger partial charge in [0.15, 0.2) is 5.96 Å². The van der Waals surface area contributed by atoms with Crippen LogP contribution in [0.2, 0.25) is 0 Å². The van der Waals surface area contributed by atoms with E-state index < -0.39 is 10.0 Å². The van der Waals surface area contributed by atoms with E-state index >= 15 is 0 Å². The molecule has 0 aromatic carbocycles. The zero-order valence-electron chi connectivity index (χ0n) is 14.4. The first-order chi connectivity index (χ1) is 10.8. The first-order valence-electron chi connectivity index (χ1n) is 7.90. The van der Waals surface area contributed by atoms with E-state index in [2.05, 4.69) is 33.8 Å². The Morgan fingerprint density at radius 3 is 2.75 bits per heavy atom. The topological polar surface area (TPSA) is 73.8 Å². The van der Waals surface area contributed by atoms with Crippen LogP contribution in [0, 0.1) is 5.41 Å². The third-order valence-corrected chi connectivity index (χ3v) is 6.60. The van der Waals surface area contributed by atoms with E-state index in [1.165, 1.54) is 11.3 Å². The zero-order valence-corrected chi connectivity index (χ0v) is 18.4. The molecule has 138 valence electrons. The molecule has 0 aliphatic carbocycles. The maximum atomic E-state index is 12.0. The summed E-state index contributed by atoms with van der Waals surface area (Å²) in [6, 6.07) is 3.34. The predicted octanol–water partition coefficient (Wildman–Crippen LogP) is 2.34. The normalized spacial score (nSPS) is 17.6. The van der Waals surface area contributed by atoms with Gasteiger partial charge in [-0.3, -0.25) is 4.99 Å². The van der Waals surface area contributed by atoms with Crippen molar-refractivity contribution in [3.05, 3.63) is 17.5 Å². The summed E-state index contributed by atoms with van der Waals surface area (Å²) in [5, 5.41) is 5.04. The number of guanidine groups is 1. The molecule has 2 N–H and O–H groups in total. The van der Waals surface area contributed by atoms with Crippen LogP contribution in [0.3, 0.4) is 0 Å². The number of nitrogens with one attached hydrogen (secondary N) is 2. The summed E-state index contributed by atoms with van der Waals surface area (Å²) >= 11 is 1.22. The molecule has 1 aromatic rings. The van der Waals surface area contributed by atoms with Gasteiger partial charge in [-0.05, 0) is 30.2 Å². The predicted molar refractivity (Wildman–Crippen MR) is 111 cm³/mol. The Bertz CT molecular complexity index is 630. The van der Waals surface area contributed by atoms with Crippen LogP contribution >= 0.6 is 35.3 Å². The number of aliphatic imine (C=N–C) groups is 1. The van der Waals surface area contributed by atoms with Crippen molar-refractivity contribution in [3.63, 3.8) is 0 Å². The van der Waals surface area contributed by atoms with Crippen LogP contribution in [0.5, 0.6) is 0 Å². The van der Waals surface area contributed by atoms with Crippen molar-refractivity contribution in [1.82, 2.24) is 14.9 Å². The summed E-state index contributed by atoms with van der Waals surface area (Å²) < 4.78 is 27.0. The second-order valence-corrected chi connectivity index (χ2v) is 9.34. The third kappa shape index (κ3) is 6.16. The zero-order chi connectivity index (χ0) is 16.9. The van der Waals surface area contributed by atoms with Crippen molar-refractivity contribution >= 4 is 51.3 Å². The Kier molecular flexibility index (Phi) is 8.43. The van der Waals surface area contributed by atoms with Crippen LogP contribution < -0.4 is 10.0 Å². The molecule has 0 atom stereocenters. The Morgan fingerprint density at radius 1 is 1.46 bits per heavy atom. The Hall–Kier alpha value is -0.390. The second-order valence-electron chi connectivity index (χ2n) is 6.40. The third-order valence-electron chi connectivity index (χ3n) is 3.74. The highest BCUT2D eigenvalue weighted by molar-refractivity contribution is 14.0. The smallest absolute Gasteiger partial charge is 0.250 e. The van der Waals surface area contributed by atoms with Crippen molar-refractivity contribution < 1.29 is 8.42 Å². The van der Waals surface area contributed by atoms with E-state index in [0.717, 1.165) is 32.0 Å². The molecule has 1 aromatic heterocycles. The summed E-state index contributed by atoms with van der Waals surface area (Å²) in [6.07, 6.45) is 1.14. The van der Waals surface area contributed by atoms with Crippen LogP contribution in [0.25, 0.3) is 0 Å². The van der Waals surface area contributed by atoms with Gasteiger partial charge in [-0.2, -0.15) is 0 Å². The maximum absolute atomic E-state index is 12.0. The summed E-state index contributed by atoms with van der Waals surface area (Å²) in [6.45, 7) is 10.0. The van der Waals surface area contributed by atoms with Gasteiger partial charge in [0.25, 0.3) is 0 Å². The second kappa shape index (κ2) is 9.35. The average molecular weight is 486 g/mol. The standard InChI is InChI=1S/C15H26N4O2S2.HI/c1-4-16-14(19-10-7-15(2,3)12-19)17-8-9-18-23(20,21)13-6-5-11-22-13;/h5-6,11,18H,4,7-10,12H2,1-3H3,(H,16,17);1H. The number of rotatable bonds is 6. The lowest BCUT2D eigenvalue weighted by molar-refractivity contribution is 0.370. The van der Waals surface area contributed by atoms with E-state index in [1.54, 1.807) is 17.5 Å². The van der Waals surface area contributed by atoms with Crippen LogP contribution in [0.15, 0.2) is 26.7 Å². The van der Waals surface area contributed by atoms with E-state index in [9.17, 15) is 8.42 Å². The highest BCUT2D eigenvalue weighted by atomic mass is 127. The van der Waals surface area contributed by atoms with Gasteiger partial charge in [-0.1, -0.05) is 19.9 Å². The molecule has 0 saturated carbocycles. The minimum absolute atomic E-state index is 0. The first kappa shape index (κ1) is 21.7. The molecule has 24 heavy (non-hydrogen) atoms. The number of halogens is 1. The molecule has 0 spiro atoms. The lowest BCUT2D eigenvalue weighted by Gasteiger charge is -2.23. The van der Waals surface area contributed by atoms with Crippen molar-refractivity contribution in [2.24, 2.45) is 10.4 Å². The van der Waals surface area contributed by atoms with Crippen LogP contribution in [0.4, 0.5) is 0 Å². The molecule has 1 saturated heterocycles. The molecule has 2 heterocycles. The van der Waals surface area contributed by atoms with E-state index in [1.807, 2.05) is 6.92 Å². The number of likely N-dealkylation sites (tertiary alicyclic amines) is 1. The molecule has 6 nitrogen and oxygen atoms in total. The molecule has 0 amide bonds. The van der Waals surface area contributed by atoms with Crippen molar-refractivity contribution in [2.75, 3.05) is 32.7 Å². The lowest BCUT2D eigenvalue weighted by atomic mass is 9.93. The van der Waals surface area contributed by atoms with Gasteiger partial charge >= 0.3 is 0 Å². The number of hydrogen-bond donors (Lipinski definition) is 2. The minimum atomic E-state index is -3.40. The van der Waals surface area contributed by atoms with Gasteiger partial charge in [0.2, 0.25) is 10.0 Å². The van der Waals surface area contributed by atoms with Crippen molar-refractivity contribution in [1.29, 1.82) is 0 Å². The summed E-state index contributed by atoms with van der Waals surface area (Å²) in [5.74, 6) is 0.869. The molecule has 1 aliphatic heterocycles. The van der Waals surface area contributed by atoms with Crippen LogP contribution in [-0.2, 0) is 10.0 Å².